The number of hydrogen-bond acceptors (Lipinski definition) is 6. The number of alkyl halides is 3. The molecule has 0 aliphatic carbocycles. The van der Waals surface area contributed by atoms with Crippen molar-refractivity contribution in [2.45, 2.75) is 19.1 Å². The molecule has 7 nitrogen and oxygen atoms in total. The first-order valence-electron chi connectivity index (χ1n) is 13.0. The van der Waals surface area contributed by atoms with E-state index in [9.17, 15) is 13.2 Å². The van der Waals surface area contributed by atoms with Gasteiger partial charge in [-0.1, -0.05) is 48.0 Å². The summed E-state index contributed by atoms with van der Waals surface area (Å²) in [4.78, 5) is 16.4. The summed E-state index contributed by atoms with van der Waals surface area (Å²) in [7, 11) is 0. The number of halogens is 4. The van der Waals surface area contributed by atoms with Crippen LogP contribution in [0.15, 0.2) is 107 Å². The number of benzene rings is 3. The van der Waals surface area contributed by atoms with Crippen molar-refractivity contribution in [3.63, 3.8) is 0 Å². The number of aliphatic imine (C=N–C) groups is 2. The summed E-state index contributed by atoms with van der Waals surface area (Å²) in [6, 6.07) is 25.2. The number of hydrogen-bond donors (Lipinski definition) is 1. The van der Waals surface area contributed by atoms with Gasteiger partial charge in [-0.2, -0.15) is 23.0 Å². The van der Waals surface area contributed by atoms with Crippen LogP contribution in [-0.2, 0) is 6.18 Å². The molecular formula is C31H21ClF3N7. The molecule has 208 valence electrons. The fraction of sp³-hybridized carbons (Fsp3) is 0.0968. The van der Waals surface area contributed by atoms with E-state index in [4.69, 9.17) is 26.7 Å². The molecule has 2 aliphatic rings. The number of rotatable bonds is 3. The van der Waals surface area contributed by atoms with Crippen LogP contribution in [0.5, 0.6) is 0 Å². The third-order valence-electron chi connectivity index (χ3n) is 7.12. The summed E-state index contributed by atoms with van der Waals surface area (Å²) in [5, 5.41) is 8.51. The largest absolute Gasteiger partial charge is 0.416 e. The molecule has 0 bridgehead atoms. The van der Waals surface area contributed by atoms with Gasteiger partial charge in [0, 0.05) is 22.5 Å². The van der Waals surface area contributed by atoms with E-state index in [1.54, 1.807) is 23.0 Å². The van der Waals surface area contributed by atoms with Crippen molar-refractivity contribution in [3.05, 3.63) is 125 Å². The zero-order valence-electron chi connectivity index (χ0n) is 22.0. The fourth-order valence-corrected chi connectivity index (χ4v) is 5.54. The molecule has 0 saturated heterocycles. The number of aromatic nitrogens is 3. The lowest BCUT2D eigenvalue weighted by Crippen LogP contribution is -2.46. The van der Waals surface area contributed by atoms with Crippen LogP contribution >= 0.6 is 11.6 Å². The third-order valence-corrected chi connectivity index (χ3v) is 7.36. The van der Waals surface area contributed by atoms with Crippen molar-refractivity contribution in [3.8, 4) is 5.82 Å². The molecule has 2 aliphatic heterocycles. The summed E-state index contributed by atoms with van der Waals surface area (Å²) < 4.78 is 42.3. The van der Waals surface area contributed by atoms with E-state index in [0.717, 1.165) is 34.6 Å². The molecule has 1 N–H and O–H groups in total. The fourth-order valence-electron chi connectivity index (χ4n) is 5.34. The molecule has 1 unspecified atom stereocenters. The monoisotopic (exact) mass is 583 g/mol. The first-order valence-corrected chi connectivity index (χ1v) is 13.4. The van der Waals surface area contributed by atoms with Gasteiger partial charge in [0.05, 0.1) is 28.7 Å². The number of fused-ring (bicyclic) bond motifs is 4. The maximum absolute atomic E-state index is 13.5. The molecule has 2 aromatic heterocycles. The lowest BCUT2D eigenvalue weighted by atomic mass is 9.93. The van der Waals surface area contributed by atoms with E-state index in [-0.39, 0.29) is 11.5 Å². The Morgan fingerprint density at radius 2 is 1.69 bits per heavy atom. The Morgan fingerprint density at radius 3 is 2.48 bits per heavy atom. The SMILES string of the molecule is Cc1nn(-c2ccccn2)c2c1C(c1cccc(Cl)c1)N1C(=N2)C(Nc2cccc(C(F)(F)F)c2)=Nc2ccccc21. The van der Waals surface area contributed by atoms with Crippen LogP contribution in [-0.4, -0.2) is 26.4 Å². The van der Waals surface area contributed by atoms with Gasteiger partial charge >= 0.3 is 6.18 Å². The number of nitrogens with zero attached hydrogens (tertiary/aromatic N) is 6. The van der Waals surface area contributed by atoms with Crippen LogP contribution in [0.3, 0.4) is 0 Å². The topological polar surface area (TPSA) is 70.7 Å². The highest BCUT2D eigenvalue weighted by Gasteiger charge is 2.41. The van der Waals surface area contributed by atoms with E-state index >= 15 is 0 Å². The standard InChI is InChI=1S/C31H21ClF3N7/c1-18-26-27(19-8-6-10-21(32)16-19)41-24-13-3-2-12-23(24)38-28(37-22-11-7-9-20(17-22)31(33,34)35)30(41)39-29(26)42(40-18)25-14-4-5-15-36-25/h2-17,27H,1H3,(H,37,38). The predicted octanol–water partition coefficient (Wildman–Crippen LogP) is 8.04. The van der Waals surface area contributed by atoms with E-state index in [0.29, 0.717) is 28.2 Å². The summed E-state index contributed by atoms with van der Waals surface area (Å²) >= 11 is 6.49. The van der Waals surface area contributed by atoms with Gasteiger partial charge < -0.3 is 10.2 Å². The highest BCUT2D eigenvalue weighted by Crippen LogP contribution is 2.48. The molecule has 7 rings (SSSR count). The van der Waals surface area contributed by atoms with Crippen LogP contribution in [0.25, 0.3) is 5.82 Å². The minimum absolute atomic E-state index is 0.227. The van der Waals surface area contributed by atoms with Crippen LogP contribution in [0, 0.1) is 6.92 Å². The molecule has 0 radical (unpaired) electrons. The predicted molar refractivity (Wildman–Crippen MR) is 158 cm³/mol. The van der Waals surface area contributed by atoms with E-state index in [1.165, 1.54) is 6.07 Å². The van der Waals surface area contributed by atoms with Crippen LogP contribution in [0.2, 0.25) is 5.02 Å². The summed E-state index contributed by atoms with van der Waals surface area (Å²) in [6.45, 7) is 1.92. The van der Waals surface area contributed by atoms with Gasteiger partial charge in [-0.3, -0.25) is 0 Å². The molecule has 42 heavy (non-hydrogen) atoms. The normalized spacial score (nSPS) is 15.7. The highest BCUT2D eigenvalue weighted by molar-refractivity contribution is 6.51. The van der Waals surface area contributed by atoms with Crippen molar-refractivity contribution in [1.29, 1.82) is 0 Å². The maximum Gasteiger partial charge on any atom is 0.416 e. The minimum Gasteiger partial charge on any atom is -0.337 e. The van der Waals surface area contributed by atoms with Crippen molar-refractivity contribution in [2.24, 2.45) is 9.98 Å². The van der Waals surface area contributed by atoms with Gasteiger partial charge in [-0.25, -0.2) is 15.0 Å². The number of aryl methyl sites for hydroxylation is 1. The quantitative estimate of drug-likeness (QED) is 0.233. The average molecular weight is 584 g/mol. The van der Waals surface area contributed by atoms with Gasteiger partial charge in [0.15, 0.2) is 23.3 Å². The van der Waals surface area contributed by atoms with Crippen molar-refractivity contribution in [2.75, 3.05) is 10.2 Å². The molecule has 4 heterocycles. The molecule has 3 aromatic carbocycles. The van der Waals surface area contributed by atoms with E-state index in [2.05, 4.69) is 10.3 Å². The number of pyridine rings is 1. The molecule has 11 heteroatoms. The molecule has 0 amide bonds. The van der Waals surface area contributed by atoms with Gasteiger partial charge in [0.2, 0.25) is 0 Å². The number of anilines is 2. The maximum atomic E-state index is 13.5. The molecule has 0 spiro atoms. The Balaban J connectivity index is 1.47. The summed E-state index contributed by atoms with van der Waals surface area (Å²) in [5.41, 5.74) is 3.36. The lowest BCUT2D eigenvalue weighted by Gasteiger charge is -2.40. The highest BCUT2D eigenvalue weighted by atomic mass is 35.5. The third kappa shape index (κ3) is 4.40. The van der Waals surface area contributed by atoms with Crippen molar-refractivity contribution >= 4 is 46.2 Å². The van der Waals surface area contributed by atoms with Crippen molar-refractivity contribution in [1.82, 2.24) is 14.8 Å². The second kappa shape index (κ2) is 9.85. The number of nitrogens with one attached hydrogen (secondary N) is 1. The molecule has 1 atom stereocenters. The smallest absolute Gasteiger partial charge is 0.337 e. The Kier molecular flexibility index (Phi) is 6.09. The average Bonchev–Trinajstić information content (AvgIpc) is 3.32. The molecule has 0 fully saturated rings. The van der Waals surface area contributed by atoms with E-state index in [1.807, 2.05) is 72.5 Å². The molecule has 5 aromatic rings. The lowest BCUT2D eigenvalue weighted by molar-refractivity contribution is -0.137. The van der Waals surface area contributed by atoms with Crippen LogP contribution < -0.4 is 10.2 Å². The molecule has 0 saturated carbocycles. The first-order chi connectivity index (χ1) is 20.3. The summed E-state index contributed by atoms with van der Waals surface area (Å²) in [5.74, 6) is 1.82. The number of amidine groups is 2. The minimum atomic E-state index is -4.49. The zero-order valence-corrected chi connectivity index (χ0v) is 22.8. The van der Waals surface area contributed by atoms with Gasteiger partial charge in [0.1, 0.15) is 0 Å². The van der Waals surface area contributed by atoms with Gasteiger partial charge in [-0.15, -0.1) is 0 Å². The summed E-state index contributed by atoms with van der Waals surface area (Å²) in [6.07, 6.45) is -2.82. The van der Waals surface area contributed by atoms with Crippen LogP contribution in [0.4, 0.5) is 36.1 Å². The Labute approximate surface area is 243 Å². The first kappa shape index (κ1) is 26.0. The molecular weight excluding hydrogens is 563 g/mol. The van der Waals surface area contributed by atoms with Gasteiger partial charge in [-0.05, 0) is 67.1 Å². The zero-order chi connectivity index (χ0) is 29.0. The van der Waals surface area contributed by atoms with Crippen LogP contribution in [0.1, 0.15) is 28.4 Å². The Bertz CT molecular complexity index is 1900. The van der Waals surface area contributed by atoms with Gasteiger partial charge in [0.25, 0.3) is 0 Å². The second-order valence-corrected chi connectivity index (χ2v) is 10.3. The Hall–Kier alpha value is -4.96. The Morgan fingerprint density at radius 1 is 0.881 bits per heavy atom. The second-order valence-electron chi connectivity index (χ2n) is 9.84. The van der Waals surface area contributed by atoms with E-state index < -0.39 is 17.8 Å². The number of para-hydroxylation sites is 2. The van der Waals surface area contributed by atoms with Crippen molar-refractivity contribution < 1.29 is 13.2 Å².